The lowest BCUT2D eigenvalue weighted by atomic mass is 10.2. The first kappa shape index (κ1) is 28.3. The summed E-state index contributed by atoms with van der Waals surface area (Å²) in [5, 5.41) is 10.3. The second-order valence-electron chi connectivity index (χ2n) is 8.23. The average Bonchev–Trinajstić information content (AvgIpc) is 2.94. The van der Waals surface area contributed by atoms with Crippen LogP contribution < -0.4 is 21.3 Å². The molecule has 4 N–H and O–H groups in total. The minimum Gasteiger partial charge on any atom is -0.308 e. The highest BCUT2D eigenvalue weighted by Crippen LogP contribution is 2.37. The zero-order chi connectivity index (χ0) is 28.3. The molecule has 4 amide bonds. The van der Waals surface area contributed by atoms with Gasteiger partial charge >= 0.3 is 20.3 Å². The molecule has 4 aromatic carbocycles. The van der Waals surface area contributed by atoms with E-state index in [1.807, 2.05) is 0 Å². The number of carbonyl (C=O) groups excluding carboxylic acids is 2. The van der Waals surface area contributed by atoms with E-state index in [0.717, 1.165) is 24.3 Å². The molecule has 0 aliphatic heterocycles. The standard InChI is InChI=1S/C28H23F2N4O5P/c29-21-15-11-19(12-16-21)25(33-27(35)31-23-7-3-1-4-8-23)38-40(37)39-26(20-13-17-22(30)18-14-20)34-28(36)32-24-9-5-2-6-10-24/h1-18,25-26H,(H3-,31,32,33,34,35,36)/p+1. The van der Waals surface area contributed by atoms with Gasteiger partial charge in [-0.05, 0) is 48.5 Å². The van der Waals surface area contributed by atoms with Gasteiger partial charge in [-0.3, -0.25) is 0 Å². The van der Waals surface area contributed by atoms with Crippen LogP contribution in [0.5, 0.6) is 0 Å². The van der Waals surface area contributed by atoms with E-state index in [1.165, 1.54) is 24.3 Å². The number of urea groups is 2. The summed E-state index contributed by atoms with van der Waals surface area (Å²) in [7, 11) is -3.02. The summed E-state index contributed by atoms with van der Waals surface area (Å²) in [6.07, 6.45) is -2.67. The SMILES string of the molecule is O=C(Nc1ccccc1)NC(O[P+](=O)OC(NC(=O)Nc1ccccc1)c1ccc(F)cc1)c1ccc(F)cc1. The van der Waals surface area contributed by atoms with Crippen molar-refractivity contribution in [1.82, 2.24) is 10.6 Å². The Morgan fingerprint density at radius 1 is 0.575 bits per heavy atom. The summed E-state index contributed by atoms with van der Waals surface area (Å²) in [6, 6.07) is 25.7. The van der Waals surface area contributed by atoms with Crippen molar-refractivity contribution in [2.45, 2.75) is 12.5 Å². The maximum atomic E-state index is 13.5. The predicted molar refractivity (Wildman–Crippen MR) is 145 cm³/mol. The highest BCUT2D eigenvalue weighted by Gasteiger charge is 2.35. The molecule has 0 aliphatic rings. The minimum atomic E-state index is -3.02. The third-order valence-corrected chi connectivity index (χ3v) is 6.08. The maximum Gasteiger partial charge on any atom is 0.702 e. The molecule has 204 valence electrons. The average molecular weight is 565 g/mol. The number of hydrogen-bond acceptors (Lipinski definition) is 5. The Labute approximate surface area is 229 Å². The molecule has 0 bridgehead atoms. The van der Waals surface area contributed by atoms with Gasteiger partial charge in [0.1, 0.15) is 11.6 Å². The Morgan fingerprint density at radius 3 is 1.27 bits per heavy atom. The molecule has 0 heterocycles. The molecule has 9 nitrogen and oxygen atoms in total. The number of rotatable bonds is 10. The Balaban J connectivity index is 1.49. The van der Waals surface area contributed by atoms with Gasteiger partial charge in [-0.25, -0.2) is 18.4 Å². The Kier molecular flexibility index (Phi) is 9.84. The van der Waals surface area contributed by atoms with Crippen LogP contribution in [0.3, 0.4) is 0 Å². The van der Waals surface area contributed by atoms with Gasteiger partial charge in [-0.2, -0.15) is 0 Å². The Bertz CT molecular complexity index is 1320. The molecule has 0 spiro atoms. The fourth-order valence-electron chi connectivity index (χ4n) is 3.43. The van der Waals surface area contributed by atoms with Gasteiger partial charge in [-0.15, -0.1) is 0 Å². The lowest BCUT2D eigenvalue weighted by Gasteiger charge is -2.17. The summed E-state index contributed by atoms with van der Waals surface area (Å²) in [4.78, 5) is 25.3. The van der Waals surface area contributed by atoms with E-state index in [-0.39, 0.29) is 11.1 Å². The second-order valence-corrected chi connectivity index (χ2v) is 9.10. The van der Waals surface area contributed by atoms with Crippen LogP contribution in [0.15, 0.2) is 109 Å². The van der Waals surface area contributed by atoms with Crippen LogP contribution in [0.25, 0.3) is 0 Å². The normalized spacial score (nSPS) is 12.5. The zero-order valence-electron chi connectivity index (χ0n) is 20.8. The number of amides is 4. The number of para-hydroxylation sites is 2. The lowest BCUT2D eigenvalue weighted by Crippen LogP contribution is -2.34. The summed E-state index contributed by atoms with van der Waals surface area (Å²) in [5.74, 6) is -1.05. The number of nitrogens with one attached hydrogen (secondary N) is 4. The largest absolute Gasteiger partial charge is 0.702 e. The van der Waals surface area contributed by atoms with Crippen LogP contribution in [0, 0.1) is 11.6 Å². The van der Waals surface area contributed by atoms with Crippen LogP contribution in [-0.2, 0) is 13.6 Å². The van der Waals surface area contributed by atoms with E-state index < -0.39 is 44.4 Å². The topological polar surface area (TPSA) is 118 Å². The quantitative estimate of drug-likeness (QED) is 0.122. The molecule has 2 unspecified atom stereocenters. The molecule has 0 saturated heterocycles. The number of hydrogen-bond donors (Lipinski definition) is 4. The van der Waals surface area contributed by atoms with Crippen molar-refractivity contribution in [1.29, 1.82) is 0 Å². The van der Waals surface area contributed by atoms with E-state index in [2.05, 4.69) is 21.3 Å². The van der Waals surface area contributed by atoms with Gasteiger partial charge in [0.05, 0.1) is 0 Å². The fourth-order valence-corrected chi connectivity index (χ4v) is 4.17. The van der Waals surface area contributed by atoms with Crippen molar-refractivity contribution in [3.05, 3.63) is 132 Å². The van der Waals surface area contributed by atoms with Crippen molar-refractivity contribution in [2.24, 2.45) is 0 Å². The summed E-state index contributed by atoms with van der Waals surface area (Å²) >= 11 is 0. The van der Waals surface area contributed by atoms with Gasteiger partial charge in [0, 0.05) is 27.1 Å². The van der Waals surface area contributed by atoms with Crippen molar-refractivity contribution >= 4 is 31.7 Å². The number of carbonyl (C=O) groups is 2. The molecule has 4 rings (SSSR count). The molecular weight excluding hydrogens is 541 g/mol. The summed E-state index contributed by atoms with van der Waals surface area (Å²) in [6.45, 7) is 0. The minimum absolute atomic E-state index is 0.268. The first-order valence-corrected chi connectivity index (χ1v) is 13.0. The molecular formula is C28H24F2N4O5P+. The molecule has 0 aromatic heterocycles. The molecule has 0 aliphatic carbocycles. The first-order chi connectivity index (χ1) is 19.4. The van der Waals surface area contributed by atoms with Gasteiger partial charge in [0.2, 0.25) is 12.5 Å². The maximum absolute atomic E-state index is 13.5. The van der Waals surface area contributed by atoms with Crippen LogP contribution in [-0.4, -0.2) is 12.1 Å². The van der Waals surface area contributed by atoms with Crippen LogP contribution in [0.2, 0.25) is 0 Å². The van der Waals surface area contributed by atoms with E-state index >= 15 is 0 Å². The van der Waals surface area contributed by atoms with Crippen LogP contribution >= 0.6 is 8.25 Å². The summed E-state index contributed by atoms with van der Waals surface area (Å²) in [5.41, 5.74) is 1.52. The van der Waals surface area contributed by atoms with E-state index in [0.29, 0.717) is 11.4 Å². The molecule has 2 atom stereocenters. The Hall–Kier alpha value is -4.70. The fraction of sp³-hybridized carbons (Fsp3) is 0.0714. The molecule has 4 aromatic rings. The lowest BCUT2D eigenvalue weighted by molar-refractivity contribution is 0.107. The number of benzene rings is 4. The van der Waals surface area contributed by atoms with Crippen molar-refractivity contribution in [3.8, 4) is 0 Å². The van der Waals surface area contributed by atoms with E-state index in [4.69, 9.17) is 9.05 Å². The van der Waals surface area contributed by atoms with E-state index in [9.17, 15) is 22.9 Å². The highest BCUT2D eigenvalue weighted by atomic mass is 31.1. The monoisotopic (exact) mass is 565 g/mol. The third kappa shape index (κ3) is 8.67. The van der Waals surface area contributed by atoms with Crippen LogP contribution in [0.1, 0.15) is 23.6 Å². The predicted octanol–water partition coefficient (Wildman–Crippen LogP) is 7.00. The van der Waals surface area contributed by atoms with E-state index in [1.54, 1.807) is 60.7 Å². The first-order valence-electron chi connectivity index (χ1n) is 11.9. The molecule has 40 heavy (non-hydrogen) atoms. The van der Waals surface area contributed by atoms with Crippen LogP contribution in [0.4, 0.5) is 29.7 Å². The molecule has 0 radical (unpaired) electrons. The Morgan fingerprint density at radius 2 is 0.925 bits per heavy atom. The zero-order valence-corrected chi connectivity index (χ0v) is 21.7. The smallest absolute Gasteiger partial charge is 0.308 e. The van der Waals surface area contributed by atoms with Crippen molar-refractivity contribution < 1.29 is 32.0 Å². The van der Waals surface area contributed by atoms with Gasteiger partial charge in [0.15, 0.2) is 0 Å². The number of anilines is 2. The van der Waals surface area contributed by atoms with Crippen molar-refractivity contribution in [3.63, 3.8) is 0 Å². The van der Waals surface area contributed by atoms with Gasteiger partial charge in [0.25, 0.3) is 0 Å². The highest BCUT2D eigenvalue weighted by molar-refractivity contribution is 7.33. The molecule has 12 heteroatoms. The van der Waals surface area contributed by atoms with Gasteiger partial charge < -0.3 is 21.3 Å². The summed E-state index contributed by atoms with van der Waals surface area (Å²) < 4.78 is 51.1. The molecule has 0 saturated carbocycles. The van der Waals surface area contributed by atoms with Gasteiger partial charge in [-0.1, -0.05) is 69.7 Å². The number of halogens is 2. The molecule has 0 fully saturated rings. The third-order valence-electron chi connectivity index (χ3n) is 5.32. The second kappa shape index (κ2) is 13.9. The van der Waals surface area contributed by atoms with Crippen molar-refractivity contribution in [2.75, 3.05) is 10.6 Å².